The number of aromatic nitrogens is 3. The summed E-state index contributed by atoms with van der Waals surface area (Å²) < 4.78 is 7.43. The molecule has 1 aliphatic carbocycles. The molecule has 7 nitrogen and oxygen atoms in total. The van der Waals surface area contributed by atoms with Crippen molar-refractivity contribution in [3.63, 3.8) is 0 Å². The van der Waals surface area contributed by atoms with Gasteiger partial charge in [0.25, 0.3) is 0 Å². The van der Waals surface area contributed by atoms with E-state index in [2.05, 4.69) is 10.1 Å². The zero-order valence-electron chi connectivity index (χ0n) is 14.8. The number of pyridine rings is 1. The van der Waals surface area contributed by atoms with Crippen LogP contribution < -0.4 is 0 Å². The van der Waals surface area contributed by atoms with E-state index >= 15 is 0 Å². The van der Waals surface area contributed by atoms with Crippen molar-refractivity contribution in [3.05, 3.63) is 53.9 Å². The molecular formula is C20H21N3O4. The van der Waals surface area contributed by atoms with E-state index in [0.29, 0.717) is 11.2 Å². The number of aliphatic hydroxyl groups excluding tert-OH is 1. The smallest absolute Gasteiger partial charge is 0.335 e. The molecule has 1 aliphatic rings. The van der Waals surface area contributed by atoms with Crippen LogP contribution in [-0.2, 0) is 4.74 Å². The zero-order valence-corrected chi connectivity index (χ0v) is 14.8. The summed E-state index contributed by atoms with van der Waals surface area (Å²) >= 11 is 0. The van der Waals surface area contributed by atoms with Gasteiger partial charge in [-0.25, -0.2) is 14.5 Å². The molecule has 27 heavy (non-hydrogen) atoms. The summed E-state index contributed by atoms with van der Waals surface area (Å²) in [5.41, 5.74) is 2.28. The van der Waals surface area contributed by atoms with Gasteiger partial charge in [-0.2, -0.15) is 5.10 Å². The Morgan fingerprint density at radius 2 is 1.96 bits per heavy atom. The topological polar surface area (TPSA) is 97.5 Å². The Balaban J connectivity index is 1.53. The first-order valence-electron chi connectivity index (χ1n) is 9.09. The third-order valence-corrected chi connectivity index (χ3v) is 4.96. The van der Waals surface area contributed by atoms with E-state index in [1.54, 1.807) is 29.2 Å². The summed E-state index contributed by atoms with van der Waals surface area (Å²) in [5.74, 6) is -0.969. The normalized spacial score (nSPS) is 16.0. The van der Waals surface area contributed by atoms with Gasteiger partial charge in [0.05, 0.1) is 30.2 Å². The van der Waals surface area contributed by atoms with Gasteiger partial charge in [-0.15, -0.1) is 0 Å². The second kappa shape index (κ2) is 7.46. The van der Waals surface area contributed by atoms with E-state index in [9.17, 15) is 9.90 Å². The van der Waals surface area contributed by atoms with E-state index in [1.807, 2.05) is 6.07 Å². The molecule has 0 saturated heterocycles. The first-order valence-corrected chi connectivity index (χ1v) is 9.09. The Labute approximate surface area is 156 Å². The highest BCUT2D eigenvalue weighted by Crippen LogP contribution is 2.24. The van der Waals surface area contributed by atoms with Crippen molar-refractivity contribution in [2.45, 2.75) is 37.9 Å². The lowest BCUT2D eigenvalue weighted by molar-refractivity contribution is -0.00704. The van der Waals surface area contributed by atoms with Crippen molar-refractivity contribution >= 4 is 17.0 Å². The molecule has 1 atom stereocenters. The molecule has 2 heterocycles. The van der Waals surface area contributed by atoms with E-state index in [0.717, 1.165) is 23.9 Å². The van der Waals surface area contributed by atoms with E-state index in [4.69, 9.17) is 9.84 Å². The van der Waals surface area contributed by atoms with Crippen LogP contribution in [0.5, 0.6) is 0 Å². The van der Waals surface area contributed by atoms with Gasteiger partial charge < -0.3 is 14.9 Å². The van der Waals surface area contributed by atoms with Crippen molar-refractivity contribution in [2.75, 3.05) is 6.61 Å². The Kier molecular flexibility index (Phi) is 4.87. The second-order valence-electron chi connectivity index (χ2n) is 6.85. The van der Waals surface area contributed by atoms with Crippen LogP contribution in [-0.4, -0.2) is 43.7 Å². The highest BCUT2D eigenvalue weighted by molar-refractivity contribution is 5.87. The predicted octanol–water partition coefficient (Wildman–Crippen LogP) is 3.11. The van der Waals surface area contributed by atoms with E-state index < -0.39 is 12.1 Å². The Morgan fingerprint density at radius 3 is 2.67 bits per heavy atom. The van der Waals surface area contributed by atoms with Gasteiger partial charge in [0.1, 0.15) is 6.10 Å². The van der Waals surface area contributed by atoms with Crippen LogP contribution in [0.3, 0.4) is 0 Å². The molecule has 7 heteroatoms. The van der Waals surface area contributed by atoms with Crippen molar-refractivity contribution in [1.29, 1.82) is 0 Å². The number of hydrogen-bond donors (Lipinski definition) is 2. The summed E-state index contributed by atoms with van der Waals surface area (Å²) in [6.45, 7) is 0.267. The molecule has 0 aliphatic heterocycles. The first kappa shape index (κ1) is 17.6. The highest BCUT2D eigenvalue weighted by Gasteiger charge is 2.18. The van der Waals surface area contributed by atoms with Crippen LogP contribution in [0.4, 0.5) is 0 Å². The Morgan fingerprint density at radius 1 is 1.22 bits per heavy atom. The minimum Gasteiger partial charge on any atom is -0.478 e. The zero-order chi connectivity index (χ0) is 18.8. The number of rotatable bonds is 6. The lowest BCUT2D eigenvalue weighted by atomic mass is 10.1. The SMILES string of the molecule is O=C(O)c1ccc(-n2ncc3cc([C@H](O)COC4CCCC4)cnc32)cc1. The fourth-order valence-electron chi connectivity index (χ4n) is 3.43. The van der Waals surface area contributed by atoms with Crippen LogP contribution in [0.2, 0.25) is 0 Å². The summed E-state index contributed by atoms with van der Waals surface area (Å²) in [6.07, 6.45) is 7.38. The van der Waals surface area contributed by atoms with Crippen LogP contribution in [0, 0.1) is 0 Å². The maximum atomic E-state index is 11.0. The molecule has 3 aromatic rings. The Hall–Kier alpha value is -2.77. The van der Waals surface area contributed by atoms with E-state index in [1.165, 1.54) is 25.0 Å². The molecule has 0 unspecified atom stereocenters. The highest BCUT2D eigenvalue weighted by atomic mass is 16.5. The number of carbonyl (C=O) groups is 1. The summed E-state index contributed by atoms with van der Waals surface area (Å²) in [5, 5.41) is 24.5. The van der Waals surface area contributed by atoms with Gasteiger partial charge in [0, 0.05) is 17.1 Å². The minimum atomic E-state index is -0.969. The molecule has 4 rings (SSSR count). The fraction of sp³-hybridized carbons (Fsp3) is 0.350. The maximum Gasteiger partial charge on any atom is 0.335 e. The molecule has 1 fully saturated rings. The lowest BCUT2D eigenvalue weighted by Crippen LogP contribution is -2.14. The molecule has 140 valence electrons. The molecule has 2 N–H and O–H groups in total. The molecule has 1 saturated carbocycles. The molecule has 0 amide bonds. The van der Waals surface area contributed by atoms with Crippen LogP contribution in [0.25, 0.3) is 16.7 Å². The Bertz CT molecular complexity index is 946. The molecular weight excluding hydrogens is 346 g/mol. The maximum absolute atomic E-state index is 11.0. The molecule has 2 aromatic heterocycles. The van der Waals surface area contributed by atoms with Crippen LogP contribution >= 0.6 is 0 Å². The van der Waals surface area contributed by atoms with Crippen LogP contribution in [0.15, 0.2) is 42.7 Å². The number of carboxylic acids is 1. The van der Waals surface area contributed by atoms with Gasteiger partial charge in [0.2, 0.25) is 0 Å². The van der Waals surface area contributed by atoms with Crippen molar-refractivity contribution in [3.8, 4) is 5.69 Å². The number of aromatic carboxylic acids is 1. The number of carboxylic acid groups (broad SMARTS) is 1. The second-order valence-corrected chi connectivity index (χ2v) is 6.85. The van der Waals surface area contributed by atoms with Gasteiger partial charge in [-0.3, -0.25) is 0 Å². The van der Waals surface area contributed by atoms with Crippen LogP contribution in [0.1, 0.15) is 47.7 Å². The molecule has 0 radical (unpaired) electrons. The number of hydrogen-bond acceptors (Lipinski definition) is 5. The average molecular weight is 367 g/mol. The lowest BCUT2D eigenvalue weighted by Gasteiger charge is -2.15. The van der Waals surface area contributed by atoms with Gasteiger partial charge in [0.15, 0.2) is 5.65 Å². The third-order valence-electron chi connectivity index (χ3n) is 4.96. The average Bonchev–Trinajstić information content (AvgIpc) is 3.35. The van der Waals surface area contributed by atoms with Crippen molar-refractivity contribution in [2.24, 2.45) is 0 Å². The van der Waals surface area contributed by atoms with E-state index in [-0.39, 0.29) is 18.3 Å². The summed E-state index contributed by atoms with van der Waals surface area (Å²) in [6, 6.07) is 8.30. The predicted molar refractivity (Wildman–Crippen MR) is 99.0 cm³/mol. The molecule has 0 bridgehead atoms. The van der Waals surface area contributed by atoms with Gasteiger partial charge >= 0.3 is 5.97 Å². The third kappa shape index (κ3) is 3.70. The van der Waals surface area contributed by atoms with Crippen molar-refractivity contribution in [1.82, 2.24) is 14.8 Å². The molecule has 0 spiro atoms. The van der Waals surface area contributed by atoms with Gasteiger partial charge in [-0.05, 0) is 43.2 Å². The number of nitrogens with zero attached hydrogens (tertiary/aromatic N) is 3. The quantitative estimate of drug-likeness (QED) is 0.695. The standard InChI is InChI=1S/C20H21N3O4/c24-18(12-27-17-3-1-2-4-17)14-9-15-11-22-23(19(15)21-10-14)16-7-5-13(6-8-16)20(25)26/h5-11,17-18,24H,1-4,12H2,(H,25,26)/t18-/m1/s1. The van der Waals surface area contributed by atoms with Gasteiger partial charge in [-0.1, -0.05) is 12.8 Å². The fourth-order valence-corrected chi connectivity index (χ4v) is 3.43. The monoisotopic (exact) mass is 367 g/mol. The summed E-state index contributed by atoms with van der Waals surface area (Å²) in [4.78, 5) is 15.4. The minimum absolute atomic E-state index is 0.218. The number of aliphatic hydroxyl groups is 1. The number of fused-ring (bicyclic) bond motifs is 1. The number of ether oxygens (including phenoxy) is 1. The largest absolute Gasteiger partial charge is 0.478 e. The first-order chi connectivity index (χ1) is 13.1. The number of benzene rings is 1. The molecule has 1 aromatic carbocycles. The summed E-state index contributed by atoms with van der Waals surface area (Å²) in [7, 11) is 0. The van der Waals surface area contributed by atoms with Crippen molar-refractivity contribution < 1.29 is 19.7 Å².